The van der Waals surface area contributed by atoms with E-state index in [1.54, 1.807) is 18.9 Å². The molecule has 0 fully saturated rings. The van der Waals surface area contributed by atoms with Crippen molar-refractivity contribution in [2.75, 3.05) is 13.4 Å². The number of methoxy groups -OCH3 is 1. The van der Waals surface area contributed by atoms with Crippen LogP contribution in [-0.2, 0) is 9.53 Å². The zero-order valence-corrected chi connectivity index (χ0v) is 12.5. The fourth-order valence-electron chi connectivity index (χ4n) is 2.48. The van der Waals surface area contributed by atoms with Gasteiger partial charge in [0, 0.05) is 23.3 Å². The van der Waals surface area contributed by atoms with Gasteiger partial charge >= 0.3 is 5.97 Å². The first-order chi connectivity index (χ1) is 9.12. The molecule has 1 unspecified atom stereocenters. The Morgan fingerprint density at radius 3 is 2.68 bits per heavy atom. The molecule has 0 bridgehead atoms. The fourth-order valence-corrected chi connectivity index (χ4v) is 3.40. The van der Waals surface area contributed by atoms with Gasteiger partial charge in [-0.1, -0.05) is 13.0 Å². The van der Waals surface area contributed by atoms with Gasteiger partial charge < -0.3 is 9.47 Å². The van der Waals surface area contributed by atoms with Crippen LogP contribution in [0, 0.1) is 0 Å². The van der Waals surface area contributed by atoms with Crippen LogP contribution >= 0.6 is 11.8 Å². The maximum absolute atomic E-state index is 11.3. The highest BCUT2D eigenvalue weighted by Gasteiger charge is 2.32. The van der Waals surface area contributed by atoms with Crippen molar-refractivity contribution in [2.45, 2.75) is 26.2 Å². The van der Waals surface area contributed by atoms with E-state index < -0.39 is 0 Å². The smallest absolute Gasteiger partial charge is 0.308 e. The lowest BCUT2D eigenvalue weighted by Gasteiger charge is -2.12. The van der Waals surface area contributed by atoms with Gasteiger partial charge in [-0.25, -0.2) is 0 Å². The lowest BCUT2D eigenvalue weighted by atomic mass is 9.98. The zero-order chi connectivity index (χ0) is 14.0. The van der Waals surface area contributed by atoms with Gasteiger partial charge in [0.1, 0.15) is 11.5 Å². The van der Waals surface area contributed by atoms with E-state index >= 15 is 0 Å². The molecular formula is C15H18O3S. The Balaban J connectivity index is 2.56. The molecule has 0 heterocycles. The lowest BCUT2D eigenvalue weighted by Crippen LogP contribution is -1.98. The Kier molecular flexibility index (Phi) is 4.20. The molecule has 1 aromatic rings. The minimum atomic E-state index is -0.285. The second-order valence-corrected chi connectivity index (χ2v) is 5.25. The van der Waals surface area contributed by atoms with Gasteiger partial charge in [-0.2, -0.15) is 0 Å². The number of benzene rings is 1. The van der Waals surface area contributed by atoms with Crippen LogP contribution in [0.5, 0.6) is 5.75 Å². The van der Waals surface area contributed by atoms with E-state index in [1.807, 2.05) is 18.4 Å². The highest BCUT2D eigenvalue weighted by atomic mass is 32.2. The third kappa shape index (κ3) is 2.50. The summed E-state index contributed by atoms with van der Waals surface area (Å²) >= 11 is 1.65. The molecule has 3 nitrogen and oxygen atoms in total. The van der Waals surface area contributed by atoms with Crippen molar-refractivity contribution in [2.24, 2.45) is 0 Å². The third-order valence-corrected chi connectivity index (χ3v) is 4.20. The Labute approximate surface area is 118 Å². The van der Waals surface area contributed by atoms with Crippen LogP contribution in [0.4, 0.5) is 0 Å². The van der Waals surface area contributed by atoms with Crippen molar-refractivity contribution in [3.8, 4) is 5.75 Å². The SMILES string of the molecule is CCC1C(SC)=C(OC(C)=O)c2cc(OC)ccc21. The molecule has 0 aromatic heterocycles. The number of ether oxygens (including phenoxy) is 2. The summed E-state index contributed by atoms with van der Waals surface area (Å²) in [6.45, 7) is 3.58. The van der Waals surface area contributed by atoms with Gasteiger partial charge in [-0.15, -0.1) is 11.8 Å². The van der Waals surface area contributed by atoms with E-state index in [0.717, 1.165) is 22.6 Å². The number of fused-ring (bicyclic) bond motifs is 1. The molecule has 0 saturated heterocycles. The van der Waals surface area contributed by atoms with Gasteiger partial charge in [0.25, 0.3) is 0 Å². The van der Waals surface area contributed by atoms with Crippen molar-refractivity contribution < 1.29 is 14.3 Å². The summed E-state index contributed by atoms with van der Waals surface area (Å²) in [5, 5.41) is 0. The van der Waals surface area contributed by atoms with Crippen LogP contribution in [0.1, 0.15) is 37.3 Å². The van der Waals surface area contributed by atoms with E-state index in [-0.39, 0.29) is 5.97 Å². The monoisotopic (exact) mass is 278 g/mol. The second kappa shape index (κ2) is 5.70. The summed E-state index contributed by atoms with van der Waals surface area (Å²) in [7, 11) is 1.64. The topological polar surface area (TPSA) is 35.5 Å². The number of rotatable bonds is 4. The summed E-state index contributed by atoms with van der Waals surface area (Å²) in [6, 6.07) is 5.96. The van der Waals surface area contributed by atoms with Gasteiger partial charge in [-0.05, 0) is 30.4 Å². The molecule has 2 rings (SSSR count). The van der Waals surface area contributed by atoms with E-state index in [1.165, 1.54) is 12.5 Å². The first kappa shape index (κ1) is 14.0. The van der Waals surface area contributed by atoms with Gasteiger partial charge in [0.2, 0.25) is 0 Å². The lowest BCUT2D eigenvalue weighted by molar-refractivity contribution is -0.134. The molecule has 19 heavy (non-hydrogen) atoms. The molecular weight excluding hydrogens is 260 g/mol. The summed E-state index contributed by atoms with van der Waals surface area (Å²) in [4.78, 5) is 12.4. The number of carbonyl (C=O) groups excluding carboxylic acids is 1. The van der Waals surface area contributed by atoms with Gasteiger partial charge in [0.15, 0.2) is 0 Å². The second-order valence-electron chi connectivity index (χ2n) is 4.41. The van der Waals surface area contributed by atoms with Crippen LogP contribution in [0.25, 0.3) is 5.76 Å². The standard InChI is InChI=1S/C15H18O3S/c1-5-11-12-7-6-10(17-3)8-13(12)14(15(11)19-4)18-9(2)16/h6-8,11H,5H2,1-4H3. The highest BCUT2D eigenvalue weighted by molar-refractivity contribution is 8.02. The van der Waals surface area contributed by atoms with E-state index in [2.05, 4.69) is 13.0 Å². The molecule has 1 aliphatic rings. The molecule has 1 atom stereocenters. The molecule has 0 saturated carbocycles. The predicted molar refractivity (Wildman–Crippen MR) is 78.2 cm³/mol. The molecule has 102 valence electrons. The molecule has 1 aliphatic carbocycles. The third-order valence-electron chi connectivity index (χ3n) is 3.29. The van der Waals surface area contributed by atoms with Crippen LogP contribution in [0.2, 0.25) is 0 Å². The highest BCUT2D eigenvalue weighted by Crippen LogP contribution is 2.49. The molecule has 0 aliphatic heterocycles. The van der Waals surface area contributed by atoms with E-state index in [9.17, 15) is 4.79 Å². The number of thioether (sulfide) groups is 1. The largest absolute Gasteiger partial charge is 0.497 e. The van der Waals surface area contributed by atoms with Crippen molar-refractivity contribution in [3.05, 3.63) is 34.2 Å². The average Bonchev–Trinajstić information content (AvgIpc) is 2.70. The molecule has 4 heteroatoms. The van der Waals surface area contributed by atoms with E-state index in [0.29, 0.717) is 11.7 Å². The molecule has 0 radical (unpaired) electrons. The van der Waals surface area contributed by atoms with Gasteiger partial charge in [0.05, 0.1) is 7.11 Å². The minimum Gasteiger partial charge on any atom is -0.497 e. The van der Waals surface area contributed by atoms with Crippen molar-refractivity contribution in [1.82, 2.24) is 0 Å². The number of allylic oxidation sites excluding steroid dienone is 1. The van der Waals surface area contributed by atoms with Crippen LogP contribution < -0.4 is 4.74 Å². The maximum atomic E-state index is 11.3. The quantitative estimate of drug-likeness (QED) is 0.785. The first-order valence-electron chi connectivity index (χ1n) is 6.27. The normalized spacial score (nSPS) is 17.4. The minimum absolute atomic E-state index is 0.285. The van der Waals surface area contributed by atoms with Crippen molar-refractivity contribution in [1.29, 1.82) is 0 Å². The fraction of sp³-hybridized carbons (Fsp3) is 0.400. The Morgan fingerprint density at radius 1 is 1.42 bits per heavy atom. The Morgan fingerprint density at radius 2 is 2.16 bits per heavy atom. The number of hydrogen-bond acceptors (Lipinski definition) is 4. The Hall–Kier alpha value is -1.42. The zero-order valence-electron chi connectivity index (χ0n) is 11.6. The summed E-state index contributed by atoms with van der Waals surface area (Å²) in [6.07, 6.45) is 3.00. The summed E-state index contributed by atoms with van der Waals surface area (Å²) < 4.78 is 10.7. The first-order valence-corrected chi connectivity index (χ1v) is 7.49. The van der Waals surface area contributed by atoms with Crippen LogP contribution in [0.3, 0.4) is 0 Å². The van der Waals surface area contributed by atoms with Crippen molar-refractivity contribution in [3.63, 3.8) is 0 Å². The average molecular weight is 278 g/mol. The number of hydrogen-bond donors (Lipinski definition) is 0. The predicted octanol–water partition coefficient (Wildman–Crippen LogP) is 3.80. The van der Waals surface area contributed by atoms with Crippen LogP contribution in [-0.4, -0.2) is 19.3 Å². The Bertz CT molecular complexity index is 534. The molecule has 0 N–H and O–H groups in total. The molecule has 0 spiro atoms. The van der Waals surface area contributed by atoms with Crippen molar-refractivity contribution >= 4 is 23.5 Å². The maximum Gasteiger partial charge on any atom is 0.308 e. The number of carbonyl (C=O) groups is 1. The molecule has 0 amide bonds. The van der Waals surface area contributed by atoms with Gasteiger partial charge in [-0.3, -0.25) is 4.79 Å². The summed E-state index contributed by atoms with van der Waals surface area (Å²) in [5.74, 6) is 1.50. The summed E-state index contributed by atoms with van der Waals surface area (Å²) in [5.41, 5.74) is 2.19. The van der Waals surface area contributed by atoms with Crippen LogP contribution in [0.15, 0.2) is 23.1 Å². The molecule has 1 aromatic carbocycles. The number of esters is 1. The van der Waals surface area contributed by atoms with E-state index in [4.69, 9.17) is 9.47 Å².